The highest BCUT2D eigenvalue weighted by molar-refractivity contribution is 7.90. The van der Waals surface area contributed by atoms with Crippen molar-refractivity contribution in [2.24, 2.45) is 0 Å². The van der Waals surface area contributed by atoms with Gasteiger partial charge in [0.05, 0.1) is 17.0 Å². The molecule has 0 spiro atoms. The zero-order chi connectivity index (χ0) is 22.3. The van der Waals surface area contributed by atoms with Gasteiger partial charge in [0.25, 0.3) is 0 Å². The number of rotatable bonds is 5. The molecule has 1 N–H and O–H groups in total. The molecule has 0 saturated carbocycles. The first-order valence-electron chi connectivity index (χ1n) is 8.48. The molecule has 1 heterocycles. The van der Waals surface area contributed by atoms with Gasteiger partial charge < -0.3 is 9.67 Å². The van der Waals surface area contributed by atoms with E-state index in [4.69, 9.17) is 5.11 Å². The van der Waals surface area contributed by atoms with E-state index >= 15 is 0 Å². The Morgan fingerprint density at radius 3 is 2.07 bits per heavy atom. The minimum Gasteiger partial charge on any atom is -0.481 e. The first-order valence-corrected chi connectivity index (χ1v) is 10.4. The first-order chi connectivity index (χ1) is 13.9. The number of nitrogens with zero attached hydrogens (tertiary/aromatic N) is 1. The number of halogens is 4. The van der Waals surface area contributed by atoms with Gasteiger partial charge in [-0.05, 0) is 53.6 Å². The second-order valence-corrected chi connectivity index (χ2v) is 8.60. The Morgan fingerprint density at radius 2 is 1.60 bits per heavy atom. The van der Waals surface area contributed by atoms with Crippen molar-refractivity contribution in [3.05, 3.63) is 71.7 Å². The number of aromatic nitrogens is 1. The summed E-state index contributed by atoms with van der Waals surface area (Å²) in [6.07, 6.45) is -4.78. The summed E-state index contributed by atoms with van der Waals surface area (Å²) in [5, 5.41) is 9.07. The van der Waals surface area contributed by atoms with Gasteiger partial charge in [-0.3, -0.25) is 4.79 Å². The Kier molecular flexibility index (Phi) is 5.46. The fourth-order valence-corrected chi connectivity index (χ4v) is 3.74. The summed E-state index contributed by atoms with van der Waals surface area (Å²) in [7, 11) is -3.52. The smallest absolute Gasteiger partial charge is 0.432 e. The standard InChI is InChI=1S/C20H15F4NO4S/c1-30(28,29)16-8-2-12(3-9-16)17-10-13(11-18(26)27)19(20(22,23)24)25(17)15-6-4-14(21)5-7-15/h2-10H,11H2,1H3,(H,26,27). The second-order valence-electron chi connectivity index (χ2n) is 6.58. The molecule has 10 heteroatoms. The van der Waals surface area contributed by atoms with Crippen LogP contribution in [0, 0.1) is 5.82 Å². The van der Waals surface area contributed by atoms with Crippen molar-refractivity contribution < 1.29 is 35.9 Å². The van der Waals surface area contributed by atoms with Crippen LogP contribution in [0.1, 0.15) is 11.3 Å². The number of hydrogen-bond acceptors (Lipinski definition) is 3. The molecule has 0 radical (unpaired) electrons. The van der Waals surface area contributed by atoms with Crippen LogP contribution in [0.15, 0.2) is 59.5 Å². The summed E-state index contributed by atoms with van der Waals surface area (Å²) in [5.41, 5.74) is -1.47. The number of carbonyl (C=O) groups is 1. The van der Waals surface area contributed by atoms with Gasteiger partial charge in [0, 0.05) is 11.9 Å². The lowest BCUT2D eigenvalue weighted by Crippen LogP contribution is -2.16. The van der Waals surface area contributed by atoms with E-state index in [1.807, 2.05) is 0 Å². The van der Waals surface area contributed by atoms with Gasteiger partial charge in [0.15, 0.2) is 9.84 Å². The van der Waals surface area contributed by atoms with Gasteiger partial charge in [-0.25, -0.2) is 12.8 Å². The van der Waals surface area contributed by atoms with E-state index in [9.17, 15) is 30.8 Å². The topological polar surface area (TPSA) is 76.4 Å². The molecule has 30 heavy (non-hydrogen) atoms. The normalized spacial score (nSPS) is 12.2. The zero-order valence-electron chi connectivity index (χ0n) is 15.4. The van der Waals surface area contributed by atoms with Gasteiger partial charge in [-0.15, -0.1) is 0 Å². The molecule has 0 aliphatic carbocycles. The molecule has 3 aromatic rings. The van der Waals surface area contributed by atoms with Gasteiger partial charge in [-0.2, -0.15) is 13.2 Å². The van der Waals surface area contributed by atoms with Crippen molar-refractivity contribution in [2.45, 2.75) is 17.5 Å². The van der Waals surface area contributed by atoms with E-state index in [2.05, 4.69) is 0 Å². The summed E-state index contributed by atoms with van der Waals surface area (Å²) >= 11 is 0. The van der Waals surface area contributed by atoms with E-state index in [0.717, 1.165) is 41.2 Å². The van der Waals surface area contributed by atoms with Crippen molar-refractivity contribution in [2.75, 3.05) is 6.26 Å². The van der Waals surface area contributed by atoms with Crippen molar-refractivity contribution in [3.8, 4) is 16.9 Å². The number of sulfone groups is 1. The van der Waals surface area contributed by atoms with Gasteiger partial charge in [-0.1, -0.05) is 12.1 Å². The zero-order valence-corrected chi connectivity index (χ0v) is 16.3. The van der Waals surface area contributed by atoms with Gasteiger partial charge in [0.2, 0.25) is 0 Å². The average Bonchev–Trinajstić information content (AvgIpc) is 3.00. The molecule has 0 unspecified atom stereocenters. The maximum Gasteiger partial charge on any atom is 0.432 e. The Balaban J connectivity index is 2.32. The first kappa shape index (κ1) is 21.6. The van der Waals surface area contributed by atoms with Crippen LogP contribution in [0.2, 0.25) is 0 Å². The minimum absolute atomic E-state index is 0.00904. The summed E-state index contributed by atoms with van der Waals surface area (Å²) < 4.78 is 79.2. The predicted molar refractivity (Wildman–Crippen MR) is 101 cm³/mol. The molecule has 0 saturated heterocycles. The molecule has 0 atom stereocenters. The SMILES string of the molecule is CS(=O)(=O)c1ccc(-c2cc(CC(=O)O)c(C(F)(F)F)n2-c2ccc(F)cc2)cc1. The third-order valence-corrected chi connectivity index (χ3v) is 5.48. The third kappa shape index (κ3) is 4.38. The predicted octanol–water partition coefficient (Wildman–Crippen LogP) is 4.33. The maximum absolute atomic E-state index is 13.9. The Bertz CT molecular complexity index is 1200. The number of carboxylic acid groups (broad SMARTS) is 1. The van der Waals surface area contributed by atoms with Crippen LogP contribution in [0.25, 0.3) is 16.9 Å². The van der Waals surface area contributed by atoms with Crippen LogP contribution in [0.3, 0.4) is 0 Å². The second kappa shape index (κ2) is 7.60. The number of hydrogen-bond donors (Lipinski definition) is 1. The summed E-state index contributed by atoms with van der Waals surface area (Å²) in [6, 6.07) is 10.5. The molecule has 0 aliphatic rings. The highest BCUT2D eigenvalue weighted by Gasteiger charge is 2.39. The average molecular weight is 441 g/mol. The summed E-state index contributed by atoms with van der Waals surface area (Å²) in [5.74, 6) is -2.10. The fraction of sp³-hybridized carbons (Fsp3) is 0.150. The molecular formula is C20H15F4NO4S. The lowest BCUT2D eigenvalue weighted by molar-refractivity contribution is -0.143. The minimum atomic E-state index is -4.90. The fourth-order valence-electron chi connectivity index (χ4n) is 3.11. The van der Waals surface area contributed by atoms with E-state index in [1.54, 1.807) is 0 Å². The number of carboxylic acids is 1. The lowest BCUT2D eigenvalue weighted by atomic mass is 10.1. The molecular weight excluding hydrogens is 426 g/mol. The molecule has 0 aliphatic heterocycles. The van der Waals surface area contributed by atoms with Crippen molar-refractivity contribution >= 4 is 15.8 Å². The van der Waals surface area contributed by atoms with Crippen molar-refractivity contribution in [1.82, 2.24) is 4.57 Å². The van der Waals surface area contributed by atoms with Crippen LogP contribution in [0.5, 0.6) is 0 Å². The van der Waals surface area contributed by atoms with Gasteiger partial charge >= 0.3 is 12.1 Å². The molecule has 158 valence electrons. The summed E-state index contributed by atoms with van der Waals surface area (Å²) in [6.45, 7) is 0. The van der Waals surface area contributed by atoms with Crippen LogP contribution in [-0.2, 0) is 27.2 Å². The van der Waals surface area contributed by atoms with Crippen LogP contribution in [0.4, 0.5) is 17.6 Å². The number of benzene rings is 2. The van der Waals surface area contributed by atoms with Crippen LogP contribution < -0.4 is 0 Å². The maximum atomic E-state index is 13.9. The van der Waals surface area contributed by atoms with Gasteiger partial charge in [0.1, 0.15) is 11.5 Å². The Hall–Kier alpha value is -3.14. The number of alkyl halides is 3. The van der Waals surface area contributed by atoms with Crippen LogP contribution in [-0.4, -0.2) is 30.3 Å². The van der Waals surface area contributed by atoms with E-state index in [0.29, 0.717) is 0 Å². The Morgan fingerprint density at radius 1 is 1.03 bits per heavy atom. The van der Waals surface area contributed by atoms with Crippen molar-refractivity contribution in [1.29, 1.82) is 0 Å². The molecule has 0 fully saturated rings. The molecule has 5 nitrogen and oxygen atoms in total. The Labute approximate surface area is 169 Å². The molecule has 3 rings (SSSR count). The molecule has 0 amide bonds. The number of aliphatic carboxylic acids is 1. The van der Waals surface area contributed by atoms with Crippen molar-refractivity contribution in [3.63, 3.8) is 0 Å². The highest BCUT2D eigenvalue weighted by atomic mass is 32.2. The highest BCUT2D eigenvalue weighted by Crippen LogP contribution is 2.40. The van der Waals surface area contributed by atoms with Crippen LogP contribution >= 0.6 is 0 Å². The van der Waals surface area contributed by atoms with E-state index in [1.165, 1.54) is 24.3 Å². The molecule has 2 aromatic carbocycles. The third-order valence-electron chi connectivity index (χ3n) is 4.35. The molecule has 1 aromatic heterocycles. The quantitative estimate of drug-likeness (QED) is 0.598. The monoisotopic (exact) mass is 441 g/mol. The lowest BCUT2D eigenvalue weighted by Gasteiger charge is -2.17. The molecule has 0 bridgehead atoms. The van der Waals surface area contributed by atoms with E-state index in [-0.39, 0.29) is 21.8 Å². The van der Waals surface area contributed by atoms with E-state index < -0.39 is 45.5 Å². The summed E-state index contributed by atoms with van der Waals surface area (Å²) in [4.78, 5) is 11.1. The largest absolute Gasteiger partial charge is 0.481 e.